The molecule has 0 heterocycles. The van der Waals surface area contributed by atoms with Gasteiger partial charge in [-0.25, -0.2) is 12.8 Å². The highest BCUT2D eigenvalue weighted by Gasteiger charge is 2.21. The minimum atomic E-state index is -3.66. The van der Waals surface area contributed by atoms with Crippen molar-refractivity contribution in [3.8, 4) is 5.75 Å². The molecule has 2 aromatic carbocycles. The molecule has 2 rings (SSSR count). The molecule has 0 spiro atoms. The predicted molar refractivity (Wildman–Crippen MR) is 108 cm³/mol. The van der Waals surface area contributed by atoms with Crippen LogP contribution in [0.2, 0.25) is 0 Å². The number of nitrogens with one attached hydrogen (secondary N) is 1. The minimum absolute atomic E-state index is 0.0183. The number of rotatable bonds is 8. The van der Waals surface area contributed by atoms with E-state index in [1.165, 1.54) is 31.4 Å². The highest BCUT2D eigenvalue weighted by atomic mass is 32.2. The summed E-state index contributed by atoms with van der Waals surface area (Å²) in [5.41, 5.74) is 1.25. The first-order valence-electron chi connectivity index (χ1n) is 8.86. The summed E-state index contributed by atoms with van der Waals surface area (Å²) in [7, 11) is -2.18. The Hall–Kier alpha value is -2.61. The van der Waals surface area contributed by atoms with Gasteiger partial charge in [-0.05, 0) is 55.8 Å². The zero-order valence-corrected chi connectivity index (χ0v) is 17.2. The molecule has 1 N–H and O–H groups in total. The molecule has 0 aliphatic rings. The molecular formula is C20H25FN2O4S. The van der Waals surface area contributed by atoms with Crippen LogP contribution < -0.4 is 14.4 Å². The van der Waals surface area contributed by atoms with Crippen LogP contribution in [0.1, 0.15) is 36.2 Å². The zero-order chi connectivity index (χ0) is 20.9. The number of ether oxygens (including phenoxy) is 1. The second kappa shape index (κ2) is 9.05. The maximum atomic E-state index is 13.2. The Bertz CT molecular complexity index is 930. The molecule has 2 aromatic rings. The Labute approximate surface area is 165 Å². The number of methoxy groups -OCH3 is 1. The van der Waals surface area contributed by atoms with Gasteiger partial charge in [-0.2, -0.15) is 0 Å². The molecule has 28 heavy (non-hydrogen) atoms. The monoisotopic (exact) mass is 408 g/mol. The SMILES string of the molecule is CCC(C)NC(=O)c1ccc(OC)c(CN(c2ccc(F)cc2)S(C)(=O)=O)c1. The average molecular weight is 408 g/mol. The molecule has 0 aliphatic carbocycles. The fourth-order valence-corrected chi connectivity index (χ4v) is 3.49. The van der Waals surface area contributed by atoms with Crippen molar-refractivity contribution in [1.29, 1.82) is 0 Å². The summed E-state index contributed by atoms with van der Waals surface area (Å²) in [4.78, 5) is 12.4. The Morgan fingerprint density at radius 1 is 1.21 bits per heavy atom. The lowest BCUT2D eigenvalue weighted by atomic mass is 10.1. The molecule has 0 aromatic heterocycles. The van der Waals surface area contributed by atoms with E-state index in [0.717, 1.165) is 17.0 Å². The Morgan fingerprint density at radius 2 is 1.86 bits per heavy atom. The molecular weight excluding hydrogens is 383 g/mol. The van der Waals surface area contributed by atoms with Crippen molar-refractivity contribution in [1.82, 2.24) is 5.32 Å². The van der Waals surface area contributed by atoms with Crippen LogP contribution in [0.15, 0.2) is 42.5 Å². The maximum absolute atomic E-state index is 13.2. The number of hydrogen-bond donors (Lipinski definition) is 1. The van der Waals surface area contributed by atoms with Crippen LogP contribution in [0.4, 0.5) is 10.1 Å². The standard InChI is InChI=1S/C20H25FN2O4S/c1-5-14(2)22-20(24)15-6-11-19(27-3)16(12-15)13-23(28(4,25)26)18-9-7-17(21)8-10-18/h6-12,14H,5,13H2,1-4H3,(H,22,24). The molecule has 0 saturated carbocycles. The fourth-order valence-electron chi connectivity index (χ4n) is 2.61. The molecule has 8 heteroatoms. The van der Waals surface area contributed by atoms with E-state index in [0.29, 0.717) is 22.6 Å². The number of carbonyl (C=O) groups is 1. The summed E-state index contributed by atoms with van der Waals surface area (Å²) >= 11 is 0. The second-order valence-electron chi connectivity index (χ2n) is 6.56. The topological polar surface area (TPSA) is 75.7 Å². The van der Waals surface area contributed by atoms with Crippen LogP contribution >= 0.6 is 0 Å². The molecule has 1 amide bonds. The van der Waals surface area contributed by atoms with E-state index in [1.807, 2.05) is 13.8 Å². The van der Waals surface area contributed by atoms with Gasteiger partial charge < -0.3 is 10.1 Å². The lowest BCUT2D eigenvalue weighted by molar-refractivity contribution is 0.0939. The number of hydrogen-bond acceptors (Lipinski definition) is 4. The first-order chi connectivity index (χ1) is 13.2. The quantitative estimate of drug-likeness (QED) is 0.727. The van der Waals surface area contributed by atoms with Gasteiger partial charge in [0.15, 0.2) is 0 Å². The number of anilines is 1. The Kier molecular flexibility index (Phi) is 7.01. The van der Waals surface area contributed by atoms with Gasteiger partial charge in [0.2, 0.25) is 10.0 Å². The summed E-state index contributed by atoms with van der Waals surface area (Å²) in [6.45, 7) is 3.82. The normalized spacial score (nSPS) is 12.3. The second-order valence-corrected chi connectivity index (χ2v) is 8.46. The number of amides is 1. The van der Waals surface area contributed by atoms with Crippen LogP contribution in [0, 0.1) is 5.82 Å². The van der Waals surface area contributed by atoms with Crippen molar-refractivity contribution in [2.45, 2.75) is 32.9 Å². The van der Waals surface area contributed by atoms with Gasteiger partial charge in [-0.3, -0.25) is 9.10 Å². The Balaban J connectivity index is 2.41. The molecule has 0 saturated heterocycles. The summed E-state index contributed by atoms with van der Waals surface area (Å²) in [5, 5.41) is 2.88. The number of benzene rings is 2. The largest absolute Gasteiger partial charge is 0.496 e. The number of sulfonamides is 1. The van der Waals surface area contributed by atoms with Gasteiger partial charge in [0, 0.05) is 17.2 Å². The number of halogens is 1. The number of carbonyl (C=O) groups excluding carboxylic acids is 1. The van der Waals surface area contributed by atoms with E-state index < -0.39 is 15.8 Å². The van der Waals surface area contributed by atoms with Gasteiger partial charge in [-0.1, -0.05) is 6.92 Å². The first kappa shape index (κ1) is 21.7. The predicted octanol–water partition coefficient (Wildman–Crippen LogP) is 3.33. The smallest absolute Gasteiger partial charge is 0.251 e. The van der Waals surface area contributed by atoms with Gasteiger partial charge in [0.25, 0.3) is 5.91 Å². The fraction of sp³-hybridized carbons (Fsp3) is 0.350. The first-order valence-corrected chi connectivity index (χ1v) is 10.7. The van der Waals surface area contributed by atoms with Crippen LogP contribution in [0.3, 0.4) is 0 Å². The zero-order valence-electron chi connectivity index (χ0n) is 16.4. The van der Waals surface area contributed by atoms with Crippen LogP contribution in [-0.4, -0.2) is 33.7 Å². The van der Waals surface area contributed by atoms with E-state index >= 15 is 0 Å². The molecule has 0 fully saturated rings. The lowest BCUT2D eigenvalue weighted by Gasteiger charge is -2.24. The molecule has 0 bridgehead atoms. The number of nitrogens with zero attached hydrogens (tertiary/aromatic N) is 1. The molecule has 1 unspecified atom stereocenters. The van der Waals surface area contributed by atoms with Crippen LogP contribution in [0.5, 0.6) is 5.75 Å². The van der Waals surface area contributed by atoms with Crippen LogP contribution in [-0.2, 0) is 16.6 Å². The maximum Gasteiger partial charge on any atom is 0.251 e. The molecule has 0 radical (unpaired) electrons. The highest BCUT2D eigenvalue weighted by molar-refractivity contribution is 7.92. The summed E-state index contributed by atoms with van der Waals surface area (Å²) in [6.07, 6.45) is 1.86. The lowest BCUT2D eigenvalue weighted by Crippen LogP contribution is -2.32. The Morgan fingerprint density at radius 3 is 2.39 bits per heavy atom. The van der Waals surface area contributed by atoms with Crippen molar-refractivity contribution in [3.63, 3.8) is 0 Å². The van der Waals surface area contributed by atoms with E-state index in [-0.39, 0.29) is 18.5 Å². The van der Waals surface area contributed by atoms with E-state index in [1.54, 1.807) is 18.2 Å². The third-order valence-corrected chi connectivity index (χ3v) is 5.50. The molecule has 152 valence electrons. The third-order valence-electron chi connectivity index (χ3n) is 4.36. The molecule has 0 aliphatic heterocycles. The van der Waals surface area contributed by atoms with Crippen molar-refractivity contribution in [2.75, 3.05) is 17.7 Å². The highest BCUT2D eigenvalue weighted by Crippen LogP contribution is 2.26. The van der Waals surface area contributed by atoms with Crippen molar-refractivity contribution in [2.24, 2.45) is 0 Å². The van der Waals surface area contributed by atoms with Gasteiger partial charge in [-0.15, -0.1) is 0 Å². The summed E-state index contributed by atoms with van der Waals surface area (Å²) in [5.74, 6) is -0.250. The molecule has 1 atom stereocenters. The average Bonchev–Trinajstić information content (AvgIpc) is 2.65. The van der Waals surface area contributed by atoms with Crippen molar-refractivity contribution in [3.05, 3.63) is 59.4 Å². The van der Waals surface area contributed by atoms with Gasteiger partial charge in [0.1, 0.15) is 11.6 Å². The van der Waals surface area contributed by atoms with Gasteiger partial charge in [0.05, 0.1) is 25.6 Å². The molecule has 6 nitrogen and oxygen atoms in total. The van der Waals surface area contributed by atoms with Gasteiger partial charge >= 0.3 is 0 Å². The van der Waals surface area contributed by atoms with E-state index in [4.69, 9.17) is 4.74 Å². The summed E-state index contributed by atoms with van der Waals surface area (Å²) < 4.78 is 44.4. The minimum Gasteiger partial charge on any atom is -0.496 e. The third kappa shape index (κ3) is 5.45. The van der Waals surface area contributed by atoms with E-state index in [2.05, 4.69) is 5.32 Å². The van der Waals surface area contributed by atoms with Crippen molar-refractivity contribution >= 4 is 21.6 Å². The van der Waals surface area contributed by atoms with E-state index in [9.17, 15) is 17.6 Å². The van der Waals surface area contributed by atoms with Crippen molar-refractivity contribution < 1.29 is 22.3 Å². The van der Waals surface area contributed by atoms with Crippen LogP contribution in [0.25, 0.3) is 0 Å². The summed E-state index contributed by atoms with van der Waals surface area (Å²) in [6, 6.07) is 10.1.